The van der Waals surface area contributed by atoms with Crippen molar-refractivity contribution in [2.75, 3.05) is 18.5 Å². The lowest BCUT2D eigenvalue weighted by Crippen LogP contribution is -2.43. The van der Waals surface area contributed by atoms with Gasteiger partial charge in [-0.15, -0.1) is 0 Å². The number of fused-ring (bicyclic) bond motifs is 1. The fraction of sp³-hybridized carbons (Fsp3) is 0.200. The molecule has 25 heavy (non-hydrogen) atoms. The number of amides is 1. The number of carbonyl (C=O) groups excluding carboxylic acids is 1. The fourth-order valence-corrected chi connectivity index (χ4v) is 3.07. The molecule has 1 aliphatic heterocycles. The van der Waals surface area contributed by atoms with Gasteiger partial charge in [0.05, 0.1) is 13.2 Å². The molecule has 1 aromatic heterocycles. The van der Waals surface area contributed by atoms with Gasteiger partial charge >= 0.3 is 0 Å². The molecular weight excluding hydrogens is 316 g/mol. The number of anilines is 1. The summed E-state index contributed by atoms with van der Waals surface area (Å²) in [5.74, 6) is -0.419. The van der Waals surface area contributed by atoms with Gasteiger partial charge in [0.15, 0.2) is 0 Å². The highest BCUT2D eigenvalue weighted by molar-refractivity contribution is 6.05. The van der Waals surface area contributed by atoms with E-state index in [0.29, 0.717) is 29.8 Å². The molecule has 3 aromatic rings. The second-order valence-electron chi connectivity index (χ2n) is 6.66. The summed E-state index contributed by atoms with van der Waals surface area (Å²) in [6, 6.07) is 14.8. The Morgan fingerprint density at radius 3 is 2.52 bits per heavy atom. The van der Waals surface area contributed by atoms with Crippen LogP contribution in [0.3, 0.4) is 0 Å². The molecule has 0 aliphatic carbocycles. The van der Waals surface area contributed by atoms with Crippen molar-refractivity contribution in [3.63, 3.8) is 0 Å². The molecule has 4 rings (SSSR count). The number of aromatic nitrogens is 1. The minimum absolute atomic E-state index is 0.0536. The van der Waals surface area contributed by atoms with Crippen LogP contribution in [0.15, 0.2) is 59.5 Å². The first-order chi connectivity index (χ1) is 12.1. The van der Waals surface area contributed by atoms with E-state index in [4.69, 9.17) is 4.74 Å². The number of para-hydroxylation sites is 1. The van der Waals surface area contributed by atoms with Crippen molar-refractivity contribution < 1.29 is 9.53 Å². The minimum Gasteiger partial charge on any atom is -0.379 e. The Bertz CT molecular complexity index is 1000. The average molecular weight is 334 g/mol. The zero-order valence-electron chi connectivity index (χ0n) is 13.8. The third kappa shape index (κ3) is 2.72. The molecule has 1 aliphatic rings. The molecule has 1 saturated heterocycles. The van der Waals surface area contributed by atoms with Crippen LogP contribution >= 0.6 is 0 Å². The highest BCUT2D eigenvalue weighted by Crippen LogP contribution is 2.32. The lowest BCUT2D eigenvalue weighted by atomic mass is 9.81. The Hall–Kier alpha value is -2.92. The van der Waals surface area contributed by atoms with Crippen LogP contribution in [0.4, 0.5) is 5.69 Å². The monoisotopic (exact) mass is 334 g/mol. The predicted octanol–water partition coefficient (Wildman–Crippen LogP) is 3.07. The first kappa shape index (κ1) is 15.6. The number of aromatic amines is 1. The van der Waals surface area contributed by atoms with Gasteiger partial charge in [0, 0.05) is 28.2 Å². The molecule has 1 fully saturated rings. The SMILES string of the molecule is CC1(c2ccc(NC(=O)c3c[nH]c4ccccc4c3=O)cc2)COC1. The first-order valence-corrected chi connectivity index (χ1v) is 8.17. The Labute approximate surface area is 144 Å². The summed E-state index contributed by atoms with van der Waals surface area (Å²) < 4.78 is 5.29. The maximum absolute atomic E-state index is 12.5. The van der Waals surface area contributed by atoms with Gasteiger partial charge in [-0.05, 0) is 29.8 Å². The molecule has 2 aromatic carbocycles. The van der Waals surface area contributed by atoms with E-state index in [1.54, 1.807) is 12.1 Å². The Kier molecular flexibility index (Phi) is 3.66. The van der Waals surface area contributed by atoms with Crippen LogP contribution in [0.1, 0.15) is 22.8 Å². The predicted molar refractivity (Wildman–Crippen MR) is 97.1 cm³/mol. The molecule has 2 N–H and O–H groups in total. The topological polar surface area (TPSA) is 71.2 Å². The van der Waals surface area contributed by atoms with Gasteiger partial charge in [-0.1, -0.05) is 31.2 Å². The quantitative estimate of drug-likeness (QED) is 0.773. The normalized spacial score (nSPS) is 15.6. The number of carbonyl (C=O) groups is 1. The number of ether oxygens (including phenoxy) is 1. The summed E-state index contributed by atoms with van der Waals surface area (Å²) in [7, 11) is 0. The largest absolute Gasteiger partial charge is 0.379 e. The van der Waals surface area contributed by atoms with E-state index in [9.17, 15) is 9.59 Å². The van der Waals surface area contributed by atoms with Gasteiger partial charge in [-0.3, -0.25) is 9.59 Å². The third-order valence-electron chi connectivity index (χ3n) is 4.71. The van der Waals surface area contributed by atoms with Gasteiger partial charge in [-0.25, -0.2) is 0 Å². The molecule has 0 radical (unpaired) electrons. The second kappa shape index (κ2) is 5.86. The molecule has 5 heteroatoms. The molecular formula is C20H18N2O3. The smallest absolute Gasteiger partial charge is 0.261 e. The molecule has 2 heterocycles. The molecule has 0 bridgehead atoms. The average Bonchev–Trinajstić information content (AvgIpc) is 2.61. The number of nitrogens with one attached hydrogen (secondary N) is 2. The summed E-state index contributed by atoms with van der Waals surface area (Å²) in [5.41, 5.74) is 2.43. The van der Waals surface area contributed by atoms with Crippen molar-refractivity contribution >= 4 is 22.5 Å². The minimum atomic E-state index is -0.419. The maximum Gasteiger partial charge on any atom is 0.261 e. The van der Waals surface area contributed by atoms with E-state index < -0.39 is 5.91 Å². The first-order valence-electron chi connectivity index (χ1n) is 8.17. The van der Waals surface area contributed by atoms with Gasteiger partial charge in [0.2, 0.25) is 5.43 Å². The standard InChI is InChI=1S/C20H18N2O3/c1-20(11-25-12-20)13-6-8-14(9-7-13)22-19(24)16-10-21-17-5-3-2-4-15(17)18(16)23/h2-10H,11-12H2,1H3,(H,21,23)(H,22,24). The highest BCUT2D eigenvalue weighted by Gasteiger charge is 2.34. The number of pyridine rings is 1. The number of H-pyrrole nitrogens is 1. The molecule has 0 spiro atoms. The zero-order valence-corrected chi connectivity index (χ0v) is 13.8. The van der Waals surface area contributed by atoms with Crippen LogP contribution < -0.4 is 10.7 Å². The van der Waals surface area contributed by atoms with Crippen LogP contribution in [0.25, 0.3) is 10.9 Å². The number of hydrogen-bond donors (Lipinski definition) is 2. The molecule has 1 amide bonds. The van der Waals surface area contributed by atoms with Crippen molar-refractivity contribution in [1.82, 2.24) is 4.98 Å². The van der Waals surface area contributed by atoms with Gasteiger partial charge < -0.3 is 15.0 Å². The summed E-state index contributed by atoms with van der Waals surface area (Å²) in [5, 5.41) is 3.29. The van der Waals surface area contributed by atoms with E-state index in [2.05, 4.69) is 17.2 Å². The van der Waals surface area contributed by atoms with Crippen molar-refractivity contribution in [3.05, 3.63) is 76.1 Å². The summed E-state index contributed by atoms with van der Waals surface area (Å²) in [4.78, 5) is 28.0. The van der Waals surface area contributed by atoms with E-state index in [0.717, 1.165) is 0 Å². The van der Waals surface area contributed by atoms with E-state index in [1.807, 2.05) is 36.4 Å². The maximum atomic E-state index is 12.5. The molecule has 0 unspecified atom stereocenters. The number of rotatable bonds is 3. The molecule has 5 nitrogen and oxygen atoms in total. The Morgan fingerprint density at radius 2 is 1.84 bits per heavy atom. The molecule has 0 saturated carbocycles. The van der Waals surface area contributed by atoms with Crippen LogP contribution in [0.2, 0.25) is 0 Å². The van der Waals surface area contributed by atoms with Crippen molar-refractivity contribution in [1.29, 1.82) is 0 Å². The van der Waals surface area contributed by atoms with Crippen molar-refractivity contribution in [2.45, 2.75) is 12.3 Å². The van der Waals surface area contributed by atoms with Crippen LogP contribution in [-0.4, -0.2) is 24.1 Å². The van der Waals surface area contributed by atoms with E-state index >= 15 is 0 Å². The van der Waals surface area contributed by atoms with Gasteiger partial charge in [-0.2, -0.15) is 0 Å². The summed E-state index contributed by atoms with van der Waals surface area (Å²) in [6.07, 6.45) is 1.46. The Morgan fingerprint density at radius 1 is 1.12 bits per heavy atom. The highest BCUT2D eigenvalue weighted by atomic mass is 16.5. The second-order valence-corrected chi connectivity index (χ2v) is 6.66. The fourth-order valence-electron chi connectivity index (χ4n) is 3.07. The van der Waals surface area contributed by atoms with Crippen LogP contribution in [0, 0.1) is 0 Å². The van der Waals surface area contributed by atoms with Crippen LogP contribution in [-0.2, 0) is 10.2 Å². The summed E-state index contributed by atoms with van der Waals surface area (Å²) in [6.45, 7) is 3.58. The van der Waals surface area contributed by atoms with Crippen molar-refractivity contribution in [3.8, 4) is 0 Å². The van der Waals surface area contributed by atoms with Gasteiger partial charge in [0.25, 0.3) is 5.91 Å². The lowest BCUT2D eigenvalue weighted by Gasteiger charge is -2.38. The molecule has 0 atom stereocenters. The summed E-state index contributed by atoms with van der Waals surface area (Å²) >= 11 is 0. The Balaban J connectivity index is 1.58. The number of benzene rings is 2. The molecule has 126 valence electrons. The van der Waals surface area contributed by atoms with Crippen molar-refractivity contribution in [2.24, 2.45) is 0 Å². The zero-order chi connectivity index (χ0) is 17.4. The van der Waals surface area contributed by atoms with E-state index in [1.165, 1.54) is 11.8 Å². The van der Waals surface area contributed by atoms with E-state index in [-0.39, 0.29) is 16.4 Å². The lowest BCUT2D eigenvalue weighted by molar-refractivity contribution is -0.0499. The number of hydrogen-bond acceptors (Lipinski definition) is 3. The van der Waals surface area contributed by atoms with Gasteiger partial charge in [0.1, 0.15) is 5.56 Å². The van der Waals surface area contributed by atoms with Crippen LogP contribution in [0.5, 0.6) is 0 Å². The third-order valence-corrected chi connectivity index (χ3v) is 4.71.